The van der Waals surface area contributed by atoms with Gasteiger partial charge in [-0.1, -0.05) is 24.4 Å². The minimum absolute atomic E-state index is 0.162. The van der Waals surface area contributed by atoms with E-state index in [0.29, 0.717) is 0 Å². The van der Waals surface area contributed by atoms with Crippen molar-refractivity contribution >= 4 is 45.8 Å². The largest absolute Gasteiger partial charge is 0.299 e. The summed E-state index contributed by atoms with van der Waals surface area (Å²) in [7, 11) is -2.50. The molecule has 2 N–H and O–H groups in total. The van der Waals surface area contributed by atoms with E-state index < -0.39 is 10.6 Å². The van der Waals surface area contributed by atoms with Gasteiger partial charge in [-0.05, 0) is 10.7 Å². The Bertz CT molecular complexity index is 100. The van der Waals surface area contributed by atoms with Crippen LogP contribution in [-0.2, 0) is 0 Å². The minimum Gasteiger partial charge on any atom is -0.299 e. The lowest BCUT2D eigenvalue weighted by Gasteiger charge is -2.28. The van der Waals surface area contributed by atoms with Crippen LogP contribution in [0.25, 0.3) is 0 Å². The fourth-order valence-electron chi connectivity index (χ4n) is 0.286. The van der Waals surface area contributed by atoms with E-state index in [0.717, 1.165) is 0 Å². The van der Waals surface area contributed by atoms with Gasteiger partial charge in [-0.2, -0.15) is 10.6 Å². The standard InChI is InChI=1S/C4H8O2S3/c5-9(6,3-1-7)4-2-8/h1-2,5-6H,3-4H2. The Morgan fingerprint density at radius 2 is 1.44 bits per heavy atom. The maximum absolute atomic E-state index is 8.96. The Morgan fingerprint density at radius 3 is 1.67 bits per heavy atom. The molecule has 0 saturated heterocycles. The molecule has 0 aromatic heterocycles. The Morgan fingerprint density at radius 1 is 1.11 bits per heavy atom. The highest BCUT2D eigenvalue weighted by Crippen LogP contribution is 2.35. The molecule has 0 aliphatic carbocycles. The highest BCUT2D eigenvalue weighted by Gasteiger charge is 2.06. The lowest BCUT2D eigenvalue weighted by molar-refractivity contribution is 0.498. The quantitative estimate of drug-likeness (QED) is 0.653. The van der Waals surface area contributed by atoms with Crippen LogP contribution >= 0.6 is 35.0 Å². The van der Waals surface area contributed by atoms with Gasteiger partial charge in [-0.15, -0.1) is 0 Å². The number of rotatable bonds is 4. The van der Waals surface area contributed by atoms with Crippen molar-refractivity contribution in [2.24, 2.45) is 0 Å². The Labute approximate surface area is 66.6 Å². The number of hydrogen-bond acceptors (Lipinski definition) is 4. The summed E-state index contributed by atoms with van der Waals surface area (Å²) in [4.78, 5) is 0. The summed E-state index contributed by atoms with van der Waals surface area (Å²) >= 11 is 8.88. The smallest absolute Gasteiger partial charge is 0.0661 e. The number of hydrogen-bond donors (Lipinski definition) is 2. The maximum Gasteiger partial charge on any atom is 0.0661 e. The maximum atomic E-state index is 8.96. The molecule has 0 aromatic carbocycles. The molecule has 0 atom stereocenters. The second-order valence-corrected chi connectivity index (χ2v) is 4.41. The van der Waals surface area contributed by atoms with Crippen molar-refractivity contribution in [3.8, 4) is 0 Å². The predicted molar refractivity (Wildman–Crippen MR) is 49.9 cm³/mol. The van der Waals surface area contributed by atoms with Crippen LogP contribution in [-0.4, -0.2) is 31.3 Å². The average Bonchev–Trinajstić information content (AvgIpc) is 1.64. The van der Waals surface area contributed by atoms with Crippen LogP contribution in [0.4, 0.5) is 0 Å². The Kier molecular flexibility index (Phi) is 4.51. The molecule has 0 aliphatic rings. The molecule has 2 nitrogen and oxygen atoms in total. The number of thiocarbonyl (C=S) groups is 2. The van der Waals surface area contributed by atoms with Gasteiger partial charge >= 0.3 is 0 Å². The van der Waals surface area contributed by atoms with Gasteiger partial charge in [0.2, 0.25) is 0 Å². The predicted octanol–water partition coefficient (Wildman–Crippen LogP) is 1.74. The summed E-state index contributed by atoms with van der Waals surface area (Å²) in [6.07, 6.45) is 0. The van der Waals surface area contributed by atoms with Crippen molar-refractivity contribution in [1.29, 1.82) is 0 Å². The van der Waals surface area contributed by atoms with Crippen molar-refractivity contribution in [2.75, 3.05) is 11.5 Å². The van der Waals surface area contributed by atoms with Crippen molar-refractivity contribution in [1.82, 2.24) is 0 Å². The molecule has 9 heavy (non-hydrogen) atoms. The first-order valence-corrected chi connectivity index (χ1v) is 5.06. The van der Waals surface area contributed by atoms with E-state index in [1.165, 1.54) is 10.7 Å². The zero-order chi connectivity index (χ0) is 7.33. The summed E-state index contributed by atoms with van der Waals surface area (Å²) in [5.41, 5.74) is 0. The zero-order valence-electron chi connectivity index (χ0n) is 4.69. The summed E-state index contributed by atoms with van der Waals surface area (Å²) in [5, 5.41) is 2.63. The molecule has 0 aliphatic heterocycles. The molecule has 0 fully saturated rings. The summed E-state index contributed by atoms with van der Waals surface area (Å²) in [6, 6.07) is 0. The van der Waals surface area contributed by atoms with Crippen molar-refractivity contribution < 1.29 is 9.11 Å². The van der Waals surface area contributed by atoms with Crippen LogP contribution in [0.3, 0.4) is 0 Å². The van der Waals surface area contributed by atoms with Gasteiger partial charge in [-0.3, -0.25) is 9.11 Å². The molecule has 0 radical (unpaired) electrons. The molecule has 0 amide bonds. The van der Waals surface area contributed by atoms with Crippen molar-refractivity contribution in [3.63, 3.8) is 0 Å². The van der Waals surface area contributed by atoms with Gasteiger partial charge in [0.05, 0.1) is 11.5 Å². The van der Waals surface area contributed by atoms with E-state index in [-0.39, 0.29) is 11.5 Å². The van der Waals surface area contributed by atoms with Crippen molar-refractivity contribution in [2.45, 2.75) is 0 Å². The molecule has 0 heterocycles. The second-order valence-electron chi connectivity index (χ2n) is 1.47. The zero-order valence-corrected chi connectivity index (χ0v) is 7.14. The van der Waals surface area contributed by atoms with E-state index in [9.17, 15) is 0 Å². The molecule has 0 rings (SSSR count). The minimum atomic E-state index is -2.50. The molecular weight excluding hydrogens is 176 g/mol. The van der Waals surface area contributed by atoms with Crippen molar-refractivity contribution in [3.05, 3.63) is 0 Å². The molecular formula is C4H8O2S3. The first-order valence-electron chi connectivity index (χ1n) is 2.23. The third-order valence-corrected chi connectivity index (χ3v) is 2.83. The normalized spacial score (nSPS) is 12.7. The monoisotopic (exact) mass is 184 g/mol. The van der Waals surface area contributed by atoms with Crippen LogP contribution in [0.1, 0.15) is 0 Å². The lowest BCUT2D eigenvalue weighted by Crippen LogP contribution is -2.07. The van der Waals surface area contributed by atoms with Crippen LogP contribution in [0.5, 0.6) is 0 Å². The van der Waals surface area contributed by atoms with Crippen LogP contribution < -0.4 is 0 Å². The van der Waals surface area contributed by atoms with Gasteiger partial charge in [0.25, 0.3) is 0 Å². The van der Waals surface area contributed by atoms with Crippen LogP contribution in [0.2, 0.25) is 0 Å². The summed E-state index contributed by atoms with van der Waals surface area (Å²) in [6.45, 7) is 0. The highest BCUT2D eigenvalue weighted by atomic mass is 32.3. The highest BCUT2D eigenvalue weighted by molar-refractivity contribution is 8.25. The molecule has 0 bridgehead atoms. The first-order chi connectivity index (χ1) is 4.12. The van der Waals surface area contributed by atoms with Gasteiger partial charge in [0.1, 0.15) is 0 Å². The SMILES string of the molecule is OS(O)(CC=S)CC=S. The third-order valence-electron chi connectivity index (χ3n) is 0.670. The van der Waals surface area contributed by atoms with Gasteiger partial charge in [0.15, 0.2) is 0 Å². The molecule has 0 spiro atoms. The average molecular weight is 184 g/mol. The molecule has 0 unspecified atom stereocenters. The van der Waals surface area contributed by atoms with Gasteiger partial charge in [0, 0.05) is 0 Å². The topological polar surface area (TPSA) is 40.5 Å². The fraction of sp³-hybridized carbons (Fsp3) is 0.500. The second kappa shape index (κ2) is 4.29. The summed E-state index contributed by atoms with van der Waals surface area (Å²) in [5.74, 6) is 0.324. The third kappa shape index (κ3) is 4.92. The van der Waals surface area contributed by atoms with E-state index >= 15 is 0 Å². The first kappa shape index (κ1) is 9.45. The van der Waals surface area contributed by atoms with E-state index in [4.69, 9.17) is 9.11 Å². The van der Waals surface area contributed by atoms with E-state index in [2.05, 4.69) is 24.4 Å². The lowest BCUT2D eigenvalue weighted by atomic mass is 11.0. The fourth-order valence-corrected chi connectivity index (χ4v) is 2.17. The van der Waals surface area contributed by atoms with Gasteiger partial charge < -0.3 is 0 Å². The molecule has 5 heteroatoms. The molecule has 0 aromatic rings. The Balaban J connectivity index is 3.68. The van der Waals surface area contributed by atoms with Crippen LogP contribution in [0.15, 0.2) is 0 Å². The molecule has 54 valence electrons. The van der Waals surface area contributed by atoms with Crippen LogP contribution in [0, 0.1) is 0 Å². The van der Waals surface area contributed by atoms with E-state index in [1.807, 2.05) is 0 Å². The summed E-state index contributed by atoms with van der Waals surface area (Å²) < 4.78 is 17.9. The Hall–Kier alpha value is 0.450. The molecule has 0 saturated carbocycles. The van der Waals surface area contributed by atoms with E-state index in [1.54, 1.807) is 0 Å². The van der Waals surface area contributed by atoms with Gasteiger partial charge in [-0.25, -0.2) is 0 Å².